The molecule has 7 heteroatoms. The van der Waals surface area contributed by atoms with Crippen LogP contribution in [0.1, 0.15) is 32.3 Å². The first-order chi connectivity index (χ1) is 12.5. The molecule has 152 valence electrons. The van der Waals surface area contributed by atoms with Gasteiger partial charge in [0.05, 0.1) is 19.1 Å². The number of nitrogens with one attached hydrogen (secondary N) is 1. The number of guanidine groups is 1. The van der Waals surface area contributed by atoms with Crippen LogP contribution in [-0.4, -0.2) is 56.2 Å². The highest BCUT2D eigenvalue weighted by molar-refractivity contribution is 14.0. The van der Waals surface area contributed by atoms with Gasteiger partial charge in [0.25, 0.3) is 0 Å². The number of likely N-dealkylation sites (tertiary alicyclic amines) is 1. The van der Waals surface area contributed by atoms with E-state index in [4.69, 9.17) is 9.47 Å². The van der Waals surface area contributed by atoms with Gasteiger partial charge in [-0.3, -0.25) is 9.79 Å². The SMILES string of the molecule is CCOC(=O)C1CCN(C(=NC)NCC(C)Oc2cccc(C)c2)CC1.I. The lowest BCUT2D eigenvalue weighted by atomic mass is 9.97. The molecule has 0 spiro atoms. The third-order valence-corrected chi connectivity index (χ3v) is 4.50. The summed E-state index contributed by atoms with van der Waals surface area (Å²) in [6.45, 7) is 8.65. The largest absolute Gasteiger partial charge is 0.489 e. The predicted octanol–water partition coefficient (Wildman–Crippen LogP) is 3.23. The van der Waals surface area contributed by atoms with Crippen molar-refractivity contribution in [1.82, 2.24) is 10.2 Å². The molecule has 1 atom stereocenters. The highest BCUT2D eigenvalue weighted by atomic mass is 127. The highest BCUT2D eigenvalue weighted by Gasteiger charge is 2.27. The van der Waals surface area contributed by atoms with Gasteiger partial charge >= 0.3 is 5.97 Å². The molecule has 0 saturated carbocycles. The van der Waals surface area contributed by atoms with Crippen LogP contribution in [0.5, 0.6) is 5.75 Å². The van der Waals surface area contributed by atoms with Crippen LogP contribution in [-0.2, 0) is 9.53 Å². The number of esters is 1. The van der Waals surface area contributed by atoms with Gasteiger partial charge in [0.1, 0.15) is 11.9 Å². The van der Waals surface area contributed by atoms with Gasteiger partial charge in [-0.1, -0.05) is 12.1 Å². The van der Waals surface area contributed by atoms with Crippen LogP contribution >= 0.6 is 24.0 Å². The Balaban J connectivity index is 0.00000364. The molecule has 0 radical (unpaired) electrons. The highest BCUT2D eigenvalue weighted by Crippen LogP contribution is 2.19. The Morgan fingerprint density at radius 3 is 2.67 bits per heavy atom. The maximum atomic E-state index is 11.9. The smallest absolute Gasteiger partial charge is 0.309 e. The van der Waals surface area contributed by atoms with Gasteiger partial charge in [0.15, 0.2) is 5.96 Å². The fraction of sp³-hybridized carbons (Fsp3) is 0.600. The van der Waals surface area contributed by atoms with E-state index in [0.717, 1.165) is 37.6 Å². The standard InChI is InChI=1S/C20H31N3O3.HI/c1-5-25-19(24)17-9-11-23(12-10-17)20(21-4)22-14-16(3)26-18-8-6-7-15(2)13-18;/h6-8,13,16-17H,5,9-12,14H2,1-4H3,(H,21,22);1H. The molecule has 1 aliphatic heterocycles. The second-order valence-electron chi connectivity index (χ2n) is 6.69. The molecular formula is C20H32IN3O3. The van der Waals surface area contributed by atoms with E-state index in [2.05, 4.69) is 28.2 Å². The van der Waals surface area contributed by atoms with Gasteiger partial charge in [-0.05, 0) is 51.3 Å². The first kappa shape index (κ1) is 23.5. The van der Waals surface area contributed by atoms with E-state index in [0.29, 0.717) is 13.2 Å². The number of carbonyl (C=O) groups is 1. The van der Waals surface area contributed by atoms with Gasteiger partial charge in [0, 0.05) is 20.1 Å². The van der Waals surface area contributed by atoms with E-state index in [1.807, 2.05) is 32.0 Å². The molecule has 1 fully saturated rings. The maximum absolute atomic E-state index is 11.9. The summed E-state index contributed by atoms with van der Waals surface area (Å²) in [6.07, 6.45) is 1.62. The van der Waals surface area contributed by atoms with Gasteiger partial charge in [-0.15, -0.1) is 24.0 Å². The zero-order chi connectivity index (χ0) is 18.9. The number of carbonyl (C=O) groups excluding carboxylic acids is 1. The third kappa shape index (κ3) is 7.56. The maximum Gasteiger partial charge on any atom is 0.309 e. The molecule has 0 aromatic heterocycles. The Labute approximate surface area is 179 Å². The topological polar surface area (TPSA) is 63.2 Å². The number of halogens is 1. The first-order valence-corrected chi connectivity index (χ1v) is 9.39. The minimum Gasteiger partial charge on any atom is -0.489 e. The van der Waals surface area contributed by atoms with Crippen molar-refractivity contribution in [2.24, 2.45) is 10.9 Å². The average Bonchev–Trinajstić information content (AvgIpc) is 2.63. The summed E-state index contributed by atoms with van der Waals surface area (Å²) in [5, 5.41) is 3.38. The minimum absolute atomic E-state index is 0. The number of aliphatic imine (C=N–C) groups is 1. The van der Waals surface area contributed by atoms with Crippen molar-refractivity contribution < 1.29 is 14.3 Å². The van der Waals surface area contributed by atoms with Crippen molar-refractivity contribution in [3.8, 4) is 5.75 Å². The number of rotatable bonds is 6. The average molecular weight is 489 g/mol. The lowest BCUT2D eigenvalue weighted by Gasteiger charge is -2.33. The molecule has 0 aliphatic carbocycles. The number of piperidine rings is 1. The predicted molar refractivity (Wildman–Crippen MR) is 119 cm³/mol. The van der Waals surface area contributed by atoms with E-state index < -0.39 is 0 Å². The van der Waals surface area contributed by atoms with Crippen molar-refractivity contribution in [1.29, 1.82) is 0 Å². The third-order valence-electron chi connectivity index (χ3n) is 4.50. The van der Waals surface area contributed by atoms with E-state index in [1.54, 1.807) is 7.05 Å². The number of benzene rings is 1. The van der Waals surface area contributed by atoms with Crippen molar-refractivity contribution in [3.63, 3.8) is 0 Å². The first-order valence-electron chi connectivity index (χ1n) is 9.39. The van der Waals surface area contributed by atoms with Gasteiger partial charge < -0.3 is 19.7 Å². The number of hydrogen-bond donors (Lipinski definition) is 1. The minimum atomic E-state index is -0.0738. The van der Waals surface area contributed by atoms with Crippen LogP contribution in [0.2, 0.25) is 0 Å². The molecule has 6 nitrogen and oxygen atoms in total. The summed E-state index contributed by atoms with van der Waals surface area (Å²) >= 11 is 0. The lowest BCUT2D eigenvalue weighted by molar-refractivity contribution is -0.149. The second-order valence-corrected chi connectivity index (χ2v) is 6.69. The Bertz CT molecular complexity index is 616. The number of hydrogen-bond acceptors (Lipinski definition) is 4. The van der Waals surface area contributed by atoms with E-state index in [-0.39, 0.29) is 42.0 Å². The molecule has 1 aliphatic rings. The summed E-state index contributed by atoms with van der Waals surface area (Å²) in [7, 11) is 1.78. The Morgan fingerprint density at radius 1 is 1.37 bits per heavy atom. The van der Waals surface area contributed by atoms with Crippen LogP contribution in [0.15, 0.2) is 29.3 Å². The fourth-order valence-electron chi connectivity index (χ4n) is 3.12. The molecule has 1 aromatic rings. The Morgan fingerprint density at radius 2 is 2.07 bits per heavy atom. The molecular weight excluding hydrogens is 457 g/mol. The molecule has 1 unspecified atom stereocenters. The molecule has 1 saturated heterocycles. The molecule has 1 aromatic carbocycles. The van der Waals surface area contributed by atoms with Crippen LogP contribution in [0.4, 0.5) is 0 Å². The second kappa shape index (κ2) is 12.0. The van der Waals surface area contributed by atoms with Crippen LogP contribution in [0.25, 0.3) is 0 Å². The van der Waals surface area contributed by atoms with Crippen molar-refractivity contribution in [2.45, 2.75) is 39.7 Å². The lowest BCUT2D eigenvalue weighted by Crippen LogP contribution is -2.48. The quantitative estimate of drug-likeness (QED) is 0.288. The van der Waals surface area contributed by atoms with Crippen molar-refractivity contribution in [3.05, 3.63) is 29.8 Å². The molecule has 0 amide bonds. The Hall–Kier alpha value is -1.51. The molecule has 1 heterocycles. The van der Waals surface area contributed by atoms with Gasteiger partial charge in [-0.2, -0.15) is 0 Å². The van der Waals surface area contributed by atoms with Gasteiger partial charge in [-0.25, -0.2) is 0 Å². The van der Waals surface area contributed by atoms with Crippen molar-refractivity contribution in [2.75, 3.05) is 33.3 Å². The normalized spacial score (nSPS) is 16.3. The van der Waals surface area contributed by atoms with Crippen LogP contribution in [0.3, 0.4) is 0 Å². The summed E-state index contributed by atoms with van der Waals surface area (Å²) < 4.78 is 11.1. The summed E-state index contributed by atoms with van der Waals surface area (Å²) in [5.41, 5.74) is 1.18. The van der Waals surface area contributed by atoms with Gasteiger partial charge in [0.2, 0.25) is 0 Å². The number of aryl methyl sites for hydroxylation is 1. The van der Waals surface area contributed by atoms with E-state index in [1.165, 1.54) is 5.56 Å². The summed E-state index contributed by atoms with van der Waals surface area (Å²) in [5.74, 6) is 1.67. The molecule has 1 N–H and O–H groups in total. The summed E-state index contributed by atoms with van der Waals surface area (Å²) in [6, 6.07) is 8.05. The molecule has 27 heavy (non-hydrogen) atoms. The zero-order valence-electron chi connectivity index (χ0n) is 16.7. The molecule has 0 bridgehead atoms. The monoisotopic (exact) mass is 489 g/mol. The number of nitrogens with zero attached hydrogens (tertiary/aromatic N) is 2. The Kier molecular flexibility index (Phi) is 10.5. The summed E-state index contributed by atoms with van der Waals surface area (Å²) in [4.78, 5) is 18.4. The van der Waals surface area contributed by atoms with E-state index in [9.17, 15) is 4.79 Å². The van der Waals surface area contributed by atoms with Crippen LogP contribution in [0, 0.1) is 12.8 Å². The molecule has 2 rings (SSSR count). The number of ether oxygens (including phenoxy) is 2. The fourth-order valence-corrected chi connectivity index (χ4v) is 3.12. The van der Waals surface area contributed by atoms with Crippen molar-refractivity contribution >= 4 is 35.9 Å². The zero-order valence-corrected chi connectivity index (χ0v) is 19.1. The van der Waals surface area contributed by atoms with E-state index >= 15 is 0 Å². The van der Waals surface area contributed by atoms with Crippen LogP contribution < -0.4 is 10.1 Å².